The summed E-state index contributed by atoms with van der Waals surface area (Å²) in [6.45, 7) is 0.712. The number of aromatic nitrogens is 1. The Balaban J connectivity index is 1.89. The van der Waals surface area contributed by atoms with Gasteiger partial charge in [0.05, 0.1) is 32.9 Å². The molecule has 2 nitrogen and oxygen atoms in total. The highest BCUT2D eigenvalue weighted by atomic mass is 35.5. The van der Waals surface area contributed by atoms with Gasteiger partial charge in [-0.25, -0.2) is 4.98 Å². The van der Waals surface area contributed by atoms with E-state index in [-0.39, 0.29) is 6.10 Å². The fourth-order valence-electron chi connectivity index (χ4n) is 3.69. The molecule has 2 heterocycles. The molecule has 0 amide bonds. The normalized spacial score (nSPS) is 18.2. The molecule has 1 fully saturated rings. The first-order chi connectivity index (χ1) is 12.0. The van der Waals surface area contributed by atoms with Gasteiger partial charge in [0.1, 0.15) is 6.10 Å². The van der Waals surface area contributed by atoms with Crippen molar-refractivity contribution in [1.82, 2.24) is 4.98 Å². The van der Waals surface area contributed by atoms with Gasteiger partial charge in [-0.1, -0.05) is 46.4 Å². The van der Waals surface area contributed by atoms with Gasteiger partial charge in [0.25, 0.3) is 0 Å². The van der Waals surface area contributed by atoms with Gasteiger partial charge in [0, 0.05) is 16.0 Å². The summed E-state index contributed by atoms with van der Waals surface area (Å²) in [6, 6.07) is 7.49. The van der Waals surface area contributed by atoms with Crippen LogP contribution in [0.25, 0.3) is 22.2 Å². The smallest absolute Gasteiger partial charge is 0.107 e. The van der Waals surface area contributed by atoms with E-state index < -0.39 is 0 Å². The standard InChI is InChI=1S/C19H11Cl4NO/c20-9-4-12-17(16-7-25-16)10-2-1-8-3-13(21)14(22)6-11(8)18(10)24-19(12)15(23)5-9/h3-6,16H,1-2,7H2. The molecule has 1 aliphatic carbocycles. The topological polar surface area (TPSA) is 25.4 Å². The third kappa shape index (κ3) is 2.55. The predicted molar refractivity (Wildman–Crippen MR) is 103 cm³/mol. The number of fused-ring (bicyclic) bond motifs is 4. The average Bonchev–Trinajstić information content (AvgIpc) is 3.39. The number of hydrogen-bond acceptors (Lipinski definition) is 2. The number of nitrogens with zero attached hydrogens (tertiary/aromatic N) is 1. The van der Waals surface area contributed by atoms with Crippen LogP contribution in [-0.2, 0) is 17.6 Å². The first-order valence-electron chi connectivity index (χ1n) is 7.94. The van der Waals surface area contributed by atoms with Crippen molar-refractivity contribution in [1.29, 1.82) is 0 Å². The first-order valence-corrected chi connectivity index (χ1v) is 9.45. The van der Waals surface area contributed by atoms with Crippen molar-refractivity contribution in [3.8, 4) is 11.3 Å². The molecule has 2 aromatic carbocycles. The minimum atomic E-state index is 0.0816. The second-order valence-corrected chi connectivity index (χ2v) is 8.04. The van der Waals surface area contributed by atoms with Crippen LogP contribution in [0.2, 0.25) is 20.1 Å². The number of halogens is 4. The lowest BCUT2D eigenvalue weighted by Crippen LogP contribution is -2.10. The van der Waals surface area contributed by atoms with Gasteiger partial charge in [-0.3, -0.25) is 0 Å². The van der Waals surface area contributed by atoms with Crippen LogP contribution >= 0.6 is 46.4 Å². The third-order valence-electron chi connectivity index (χ3n) is 4.85. The fourth-order valence-corrected chi connectivity index (χ4v) is 4.57. The Morgan fingerprint density at radius 2 is 1.68 bits per heavy atom. The number of aryl methyl sites for hydroxylation is 1. The summed E-state index contributed by atoms with van der Waals surface area (Å²) in [5.41, 5.74) is 6.18. The Hall–Kier alpha value is -1.03. The van der Waals surface area contributed by atoms with Gasteiger partial charge in [0.15, 0.2) is 0 Å². The summed E-state index contributed by atoms with van der Waals surface area (Å²) in [5, 5.41) is 3.22. The molecule has 1 aliphatic heterocycles. The quantitative estimate of drug-likeness (QED) is 0.417. The zero-order chi connectivity index (χ0) is 17.3. The van der Waals surface area contributed by atoms with Gasteiger partial charge >= 0.3 is 0 Å². The van der Waals surface area contributed by atoms with Crippen LogP contribution in [0.15, 0.2) is 24.3 Å². The molecule has 1 atom stereocenters. The third-order valence-corrected chi connectivity index (χ3v) is 6.08. The minimum absolute atomic E-state index is 0.0816. The molecule has 1 saturated heterocycles. The summed E-state index contributed by atoms with van der Waals surface area (Å²) in [6.07, 6.45) is 1.85. The lowest BCUT2D eigenvalue weighted by molar-refractivity contribution is 0.415. The molecule has 1 aromatic heterocycles. The van der Waals surface area contributed by atoms with Gasteiger partial charge in [-0.15, -0.1) is 0 Å². The predicted octanol–water partition coefficient (Wildman–Crippen LogP) is 6.69. The molecule has 0 spiro atoms. The zero-order valence-corrected chi connectivity index (χ0v) is 15.9. The van der Waals surface area contributed by atoms with Crippen molar-refractivity contribution in [3.05, 3.63) is 61.0 Å². The maximum Gasteiger partial charge on any atom is 0.107 e. The Morgan fingerprint density at radius 1 is 0.920 bits per heavy atom. The lowest BCUT2D eigenvalue weighted by Gasteiger charge is -2.23. The molecular weight excluding hydrogens is 400 g/mol. The number of benzene rings is 2. The summed E-state index contributed by atoms with van der Waals surface area (Å²) < 4.78 is 5.62. The van der Waals surface area contributed by atoms with E-state index in [4.69, 9.17) is 56.1 Å². The first kappa shape index (κ1) is 16.2. The number of pyridine rings is 1. The van der Waals surface area contributed by atoms with E-state index in [9.17, 15) is 0 Å². The van der Waals surface area contributed by atoms with E-state index in [1.807, 2.05) is 18.2 Å². The Labute approximate surface area is 164 Å². The van der Waals surface area contributed by atoms with E-state index in [1.54, 1.807) is 6.07 Å². The molecule has 0 radical (unpaired) electrons. The summed E-state index contributed by atoms with van der Waals surface area (Å²) in [5.74, 6) is 0. The van der Waals surface area contributed by atoms with E-state index in [0.29, 0.717) is 26.7 Å². The van der Waals surface area contributed by atoms with Crippen molar-refractivity contribution < 1.29 is 4.74 Å². The van der Waals surface area contributed by atoms with Crippen molar-refractivity contribution >= 4 is 57.3 Å². The number of rotatable bonds is 1. The number of hydrogen-bond donors (Lipinski definition) is 0. The molecule has 0 saturated carbocycles. The number of epoxide rings is 1. The average molecular weight is 411 g/mol. The SMILES string of the molecule is Clc1cc(Cl)c2nc3c(c(C4CO4)c2c1)CCc1cc(Cl)c(Cl)cc1-3. The molecule has 5 rings (SSSR count). The summed E-state index contributed by atoms with van der Waals surface area (Å²) in [4.78, 5) is 4.89. The Kier molecular flexibility index (Phi) is 3.71. The molecular formula is C19H11Cl4NO. The molecule has 0 N–H and O–H groups in total. The molecule has 1 unspecified atom stereocenters. The van der Waals surface area contributed by atoms with E-state index >= 15 is 0 Å². The summed E-state index contributed by atoms with van der Waals surface area (Å²) >= 11 is 25.2. The van der Waals surface area contributed by atoms with Crippen LogP contribution in [0.4, 0.5) is 0 Å². The van der Waals surface area contributed by atoms with E-state index in [0.717, 1.165) is 46.1 Å². The maximum absolute atomic E-state index is 6.45. The van der Waals surface area contributed by atoms with Gasteiger partial charge in [0.2, 0.25) is 0 Å². The molecule has 6 heteroatoms. The second kappa shape index (κ2) is 5.73. The van der Waals surface area contributed by atoms with Crippen molar-refractivity contribution in [2.75, 3.05) is 6.61 Å². The Bertz CT molecular complexity index is 1060. The Morgan fingerprint density at radius 3 is 2.44 bits per heavy atom. The van der Waals surface area contributed by atoms with Gasteiger partial charge < -0.3 is 4.74 Å². The van der Waals surface area contributed by atoms with Crippen LogP contribution in [0.3, 0.4) is 0 Å². The van der Waals surface area contributed by atoms with Crippen LogP contribution < -0.4 is 0 Å². The monoisotopic (exact) mass is 409 g/mol. The lowest BCUT2D eigenvalue weighted by atomic mass is 9.84. The van der Waals surface area contributed by atoms with Gasteiger partial charge in [-0.2, -0.15) is 0 Å². The van der Waals surface area contributed by atoms with Crippen molar-refractivity contribution in [2.45, 2.75) is 18.9 Å². The summed E-state index contributed by atoms with van der Waals surface area (Å²) in [7, 11) is 0. The van der Waals surface area contributed by atoms with Crippen molar-refractivity contribution in [2.24, 2.45) is 0 Å². The largest absolute Gasteiger partial charge is 0.368 e. The molecule has 25 heavy (non-hydrogen) atoms. The highest BCUT2D eigenvalue weighted by Gasteiger charge is 2.34. The fraction of sp³-hybridized carbons (Fsp3) is 0.211. The molecule has 3 aromatic rings. The van der Waals surface area contributed by atoms with E-state index in [2.05, 4.69) is 0 Å². The van der Waals surface area contributed by atoms with Crippen molar-refractivity contribution in [3.63, 3.8) is 0 Å². The molecule has 2 aliphatic rings. The van der Waals surface area contributed by atoms with Crippen LogP contribution in [0.1, 0.15) is 22.8 Å². The second-order valence-electron chi connectivity index (χ2n) is 6.38. The highest BCUT2D eigenvalue weighted by Crippen LogP contribution is 2.46. The maximum atomic E-state index is 6.45. The minimum Gasteiger partial charge on any atom is -0.368 e. The van der Waals surface area contributed by atoms with Crippen LogP contribution in [0.5, 0.6) is 0 Å². The van der Waals surface area contributed by atoms with Crippen LogP contribution in [-0.4, -0.2) is 11.6 Å². The zero-order valence-electron chi connectivity index (χ0n) is 12.9. The molecule has 0 bridgehead atoms. The van der Waals surface area contributed by atoms with Gasteiger partial charge in [-0.05, 0) is 53.8 Å². The van der Waals surface area contributed by atoms with E-state index in [1.165, 1.54) is 5.56 Å². The highest BCUT2D eigenvalue weighted by molar-refractivity contribution is 6.42. The number of ether oxygens (including phenoxy) is 1. The van der Waals surface area contributed by atoms with Crippen LogP contribution in [0, 0.1) is 0 Å². The molecule has 126 valence electrons.